The maximum Gasteiger partial charge on any atom is 0.262 e. The quantitative estimate of drug-likeness (QED) is 0.726. The van der Waals surface area contributed by atoms with Gasteiger partial charge in [0.15, 0.2) is 0 Å². The molecule has 0 atom stereocenters. The van der Waals surface area contributed by atoms with Crippen LogP contribution in [0.15, 0.2) is 46.8 Å². The van der Waals surface area contributed by atoms with Crippen molar-refractivity contribution in [2.45, 2.75) is 4.90 Å². The minimum absolute atomic E-state index is 0.0493. The van der Waals surface area contributed by atoms with Crippen LogP contribution in [0.5, 0.6) is 0 Å². The second-order valence-corrected chi connectivity index (χ2v) is 6.93. The predicted molar refractivity (Wildman–Crippen MR) is 81.2 cm³/mol. The molecule has 0 amide bonds. The molecule has 0 bridgehead atoms. The number of nitrogens with two attached hydrogens (primary N) is 1. The number of thiazole rings is 1. The number of hydrogen-bond donors (Lipinski definition) is 2. The Labute approximate surface area is 124 Å². The zero-order valence-corrected chi connectivity index (χ0v) is 12.2. The number of nitrogen functional groups attached to an aromatic ring is 1. The number of rotatable bonds is 3. The van der Waals surface area contributed by atoms with Gasteiger partial charge in [-0.05, 0) is 36.4 Å². The molecule has 3 N–H and O–H groups in total. The second-order valence-electron chi connectivity index (χ2n) is 4.36. The van der Waals surface area contributed by atoms with E-state index in [0.29, 0.717) is 5.69 Å². The zero-order valence-electron chi connectivity index (χ0n) is 10.6. The number of sulfonamides is 1. The minimum Gasteiger partial charge on any atom is -0.399 e. The lowest BCUT2D eigenvalue weighted by atomic mass is 10.3. The Hall–Kier alpha value is -2.19. The van der Waals surface area contributed by atoms with E-state index in [2.05, 4.69) is 9.71 Å². The number of nitrogens with one attached hydrogen (secondary N) is 1. The van der Waals surface area contributed by atoms with Crippen molar-refractivity contribution < 1.29 is 12.8 Å². The van der Waals surface area contributed by atoms with Crippen LogP contribution in [0.3, 0.4) is 0 Å². The van der Waals surface area contributed by atoms with Gasteiger partial charge in [-0.1, -0.05) is 0 Å². The first-order valence-corrected chi connectivity index (χ1v) is 8.22. The molecule has 0 aliphatic carbocycles. The molecule has 3 rings (SSSR count). The molecule has 2 aromatic carbocycles. The van der Waals surface area contributed by atoms with Crippen molar-refractivity contribution in [1.82, 2.24) is 4.98 Å². The van der Waals surface area contributed by atoms with Crippen molar-refractivity contribution in [3.05, 3.63) is 47.7 Å². The van der Waals surface area contributed by atoms with Crippen LogP contribution in [0.1, 0.15) is 0 Å². The van der Waals surface area contributed by atoms with Gasteiger partial charge in [-0.15, -0.1) is 11.3 Å². The van der Waals surface area contributed by atoms with Gasteiger partial charge < -0.3 is 5.73 Å². The number of hydrogen-bond acceptors (Lipinski definition) is 5. The first kappa shape index (κ1) is 13.8. The molecule has 21 heavy (non-hydrogen) atoms. The molecule has 0 spiro atoms. The Kier molecular flexibility index (Phi) is 3.26. The molecule has 0 aliphatic heterocycles. The molecule has 0 saturated carbocycles. The molecule has 3 aromatic rings. The third kappa shape index (κ3) is 2.81. The summed E-state index contributed by atoms with van der Waals surface area (Å²) in [6.45, 7) is 0. The smallest absolute Gasteiger partial charge is 0.262 e. The highest BCUT2D eigenvalue weighted by molar-refractivity contribution is 7.92. The summed E-state index contributed by atoms with van der Waals surface area (Å²) in [4.78, 5) is 3.89. The molecule has 0 saturated heterocycles. The van der Waals surface area contributed by atoms with E-state index < -0.39 is 15.8 Å². The molecular weight excluding hydrogens is 313 g/mol. The maximum atomic E-state index is 13.3. The largest absolute Gasteiger partial charge is 0.399 e. The Bertz CT molecular complexity index is 902. The molecule has 8 heteroatoms. The molecule has 1 heterocycles. The minimum atomic E-state index is -3.90. The van der Waals surface area contributed by atoms with Gasteiger partial charge >= 0.3 is 0 Å². The fraction of sp³-hybridized carbons (Fsp3) is 0. The van der Waals surface area contributed by atoms with Gasteiger partial charge in [-0.3, -0.25) is 4.72 Å². The van der Waals surface area contributed by atoms with Crippen LogP contribution in [0.2, 0.25) is 0 Å². The topological polar surface area (TPSA) is 85.1 Å². The van der Waals surface area contributed by atoms with Crippen molar-refractivity contribution in [2.75, 3.05) is 10.5 Å². The number of anilines is 2. The van der Waals surface area contributed by atoms with Gasteiger partial charge in [0, 0.05) is 5.69 Å². The van der Waals surface area contributed by atoms with Gasteiger partial charge in [0.2, 0.25) is 0 Å². The summed E-state index contributed by atoms with van der Waals surface area (Å²) in [6, 6.07) is 8.17. The van der Waals surface area contributed by atoms with Crippen LogP contribution in [-0.2, 0) is 10.0 Å². The maximum absolute atomic E-state index is 13.3. The number of benzene rings is 2. The predicted octanol–water partition coefficient (Wildman–Crippen LogP) is 2.82. The summed E-state index contributed by atoms with van der Waals surface area (Å²) < 4.78 is 41.0. The lowest BCUT2D eigenvalue weighted by Crippen LogP contribution is -2.13. The van der Waals surface area contributed by atoms with Crippen LogP contribution in [0.4, 0.5) is 15.8 Å². The molecule has 0 radical (unpaired) electrons. The van der Waals surface area contributed by atoms with Gasteiger partial charge in [0.1, 0.15) is 5.82 Å². The third-order valence-corrected chi connectivity index (χ3v) is 4.94. The fourth-order valence-corrected chi connectivity index (χ4v) is 3.70. The molecule has 0 unspecified atom stereocenters. The highest BCUT2D eigenvalue weighted by Gasteiger charge is 2.16. The number of nitrogens with zero attached hydrogens (tertiary/aromatic N) is 1. The fourth-order valence-electron chi connectivity index (χ4n) is 1.87. The molecule has 5 nitrogen and oxygen atoms in total. The van der Waals surface area contributed by atoms with Crippen molar-refractivity contribution in [2.24, 2.45) is 0 Å². The molecule has 0 aliphatic rings. The Morgan fingerprint density at radius 3 is 2.76 bits per heavy atom. The first-order chi connectivity index (χ1) is 9.94. The van der Waals surface area contributed by atoms with E-state index in [1.54, 1.807) is 23.7 Å². The van der Waals surface area contributed by atoms with E-state index in [-0.39, 0.29) is 10.6 Å². The van der Waals surface area contributed by atoms with Crippen molar-refractivity contribution in [3.63, 3.8) is 0 Å². The number of halogens is 1. The average Bonchev–Trinajstić information content (AvgIpc) is 2.84. The van der Waals surface area contributed by atoms with Crippen LogP contribution < -0.4 is 10.5 Å². The van der Waals surface area contributed by atoms with Gasteiger partial charge in [-0.2, -0.15) is 0 Å². The van der Waals surface area contributed by atoms with E-state index in [0.717, 1.165) is 22.3 Å². The Balaban J connectivity index is 1.98. The van der Waals surface area contributed by atoms with Gasteiger partial charge in [-0.25, -0.2) is 17.8 Å². The molecule has 0 fully saturated rings. The molecular formula is C13H10FN3O2S2. The summed E-state index contributed by atoms with van der Waals surface area (Å²) in [5.41, 5.74) is 8.37. The second kappa shape index (κ2) is 4.97. The SMILES string of the molecule is Nc1cc(F)cc(S(=O)(=O)Nc2ccc3ncsc3c2)c1. The highest BCUT2D eigenvalue weighted by atomic mass is 32.2. The third-order valence-electron chi connectivity index (χ3n) is 2.79. The highest BCUT2D eigenvalue weighted by Crippen LogP contribution is 2.24. The molecule has 1 aromatic heterocycles. The summed E-state index contributed by atoms with van der Waals surface area (Å²) in [5.74, 6) is -0.701. The summed E-state index contributed by atoms with van der Waals surface area (Å²) >= 11 is 1.40. The van der Waals surface area contributed by atoms with Gasteiger partial charge in [0.25, 0.3) is 10.0 Å². The van der Waals surface area contributed by atoms with E-state index in [9.17, 15) is 12.8 Å². The number of fused-ring (bicyclic) bond motifs is 1. The molecule has 108 valence electrons. The van der Waals surface area contributed by atoms with E-state index in [1.807, 2.05) is 0 Å². The van der Waals surface area contributed by atoms with Crippen LogP contribution >= 0.6 is 11.3 Å². The first-order valence-electron chi connectivity index (χ1n) is 5.86. The Morgan fingerprint density at radius 2 is 2.00 bits per heavy atom. The Morgan fingerprint density at radius 1 is 1.19 bits per heavy atom. The van der Waals surface area contributed by atoms with E-state index >= 15 is 0 Å². The van der Waals surface area contributed by atoms with Crippen LogP contribution in [0, 0.1) is 5.82 Å². The van der Waals surface area contributed by atoms with Crippen LogP contribution in [0.25, 0.3) is 10.2 Å². The summed E-state index contributed by atoms with van der Waals surface area (Å²) in [7, 11) is -3.90. The summed E-state index contributed by atoms with van der Waals surface area (Å²) in [5, 5.41) is 0. The van der Waals surface area contributed by atoms with E-state index in [4.69, 9.17) is 5.73 Å². The summed E-state index contributed by atoms with van der Waals surface area (Å²) in [6.07, 6.45) is 0. The average molecular weight is 323 g/mol. The standard InChI is InChI=1S/C13H10FN3O2S2/c14-8-3-9(15)5-11(4-8)21(18,19)17-10-1-2-12-13(6-10)20-7-16-12/h1-7,17H,15H2. The lowest BCUT2D eigenvalue weighted by molar-refractivity contribution is 0.595. The lowest BCUT2D eigenvalue weighted by Gasteiger charge is -2.09. The van der Waals surface area contributed by atoms with Crippen molar-refractivity contribution >= 4 is 43.0 Å². The zero-order chi connectivity index (χ0) is 15.0. The monoisotopic (exact) mass is 323 g/mol. The normalized spacial score (nSPS) is 11.7. The van der Waals surface area contributed by atoms with Crippen LogP contribution in [-0.4, -0.2) is 13.4 Å². The van der Waals surface area contributed by atoms with Crippen molar-refractivity contribution in [1.29, 1.82) is 0 Å². The van der Waals surface area contributed by atoms with Crippen molar-refractivity contribution in [3.8, 4) is 0 Å². The number of aromatic nitrogens is 1. The van der Waals surface area contributed by atoms with Gasteiger partial charge in [0.05, 0.1) is 26.3 Å². The van der Waals surface area contributed by atoms with E-state index in [1.165, 1.54) is 17.4 Å².